The topological polar surface area (TPSA) is 88.3 Å². The molecule has 2 heterocycles. The van der Waals surface area contributed by atoms with Gasteiger partial charge in [0.15, 0.2) is 5.82 Å². The zero-order valence-corrected chi connectivity index (χ0v) is 17.3. The molecule has 2 amide bonds. The van der Waals surface area contributed by atoms with Crippen LogP contribution in [0.4, 0.5) is 5.69 Å². The van der Waals surface area contributed by atoms with E-state index in [1.165, 1.54) is 0 Å². The molecule has 0 bridgehead atoms. The van der Waals surface area contributed by atoms with Gasteiger partial charge in [0.25, 0.3) is 5.89 Å². The Hall–Kier alpha value is -2.70. The van der Waals surface area contributed by atoms with Crippen molar-refractivity contribution in [2.75, 3.05) is 11.4 Å². The second-order valence-corrected chi connectivity index (χ2v) is 8.47. The predicted molar refractivity (Wildman–Crippen MR) is 108 cm³/mol. The van der Waals surface area contributed by atoms with Crippen LogP contribution < -0.4 is 10.2 Å². The van der Waals surface area contributed by atoms with E-state index < -0.39 is 5.54 Å². The molecular weight excluding hydrogens is 368 g/mol. The number of carbonyl (C=O) groups excluding carboxylic acids is 2. The highest BCUT2D eigenvalue weighted by Gasteiger charge is 2.44. The van der Waals surface area contributed by atoms with Crippen LogP contribution >= 0.6 is 0 Å². The van der Waals surface area contributed by atoms with E-state index in [2.05, 4.69) is 21.5 Å². The number of hydrogen-bond acceptors (Lipinski definition) is 5. The van der Waals surface area contributed by atoms with Crippen molar-refractivity contribution in [2.45, 2.75) is 64.8 Å². The predicted octanol–water partition coefficient (Wildman–Crippen LogP) is 3.32. The van der Waals surface area contributed by atoms with Crippen molar-refractivity contribution in [3.8, 4) is 0 Å². The Morgan fingerprint density at radius 2 is 1.97 bits per heavy atom. The summed E-state index contributed by atoms with van der Waals surface area (Å²) in [7, 11) is 0. The first-order valence-corrected chi connectivity index (χ1v) is 10.4. The van der Waals surface area contributed by atoms with Crippen molar-refractivity contribution in [3.05, 3.63) is 41.0 Å². The van der Waals surface area contributed by atoms with Gasteiger partial charge in [0.2, 0.25) is 11.8 Å². The summed E-state index contributed by atoms with van der Waals surface area (Å²) < 4.78 is 5.46. The molecule has 1 aromatic heterocycles. The fourth-order valence-electron chi connectivity index (χ4n) is 4.60. The fraction of sp³-hybridized carbons (Fsp3) is 0.545. The van der Waals surface area contributed by atoms with Crippen LogP contribution in [-0.4, -0.2) is 28.5 Å². The third-order valence-electron chi connectivity index (χ3n) is 6.15. The van der Waals surface area contributed by atoms with E-state index in [0.717, 1.165) is 48.9 Å². The lowest BCUT2D eigenvalue weighted by Gasteiger charge is -2.35. The van der Waals surface area contributed by atoms with E-state index >= 15 is 0 Å². The van der Waals surface area contributed by atoms with Crippen LogP contribution in [0.25, 0.3) is 0 Å². The maximum absolute atomic E-state index is 13.2. The number of nitrogens with zero attached hydrogens (tertiary/aromatic N) is 3. The zero-order valence-electron chi connectivity index (χ0n) is 17.3. The molecule has 0 unspecified atom stereocenters. The second kappa shape index (κ2) is 7.61. The molecule has 1 N–H and O–H groups in total. The van der Waals surface area contributed by atoms with E-state index in [-0.39, 0.29) is 24.2 Å². The normalized spacial score (nSPS) is 21.4. The Morgan fingerprint density at radius 3 is 2.62 bits per heavy atom. The third kappa shape index (κ3) is 3.78. The molecule has 1 aromatic carbocycles. The van der Waals surface area contributed by atoms with Gasteiger partial charge in [0.1, 0.15) is 5.54 Å². The van der Waals surface area contributed by atoms with Gasteiger partial charge in [-0.15, -0.1) is 0 Å². The molecule has 2 aromatic rings. The van der Waals surface area contributed by atoms with Gasteiger partial charge in [-0.25, -0.2) is 0 Å². The van der Waals surface area contributed by atoms with Crippen LogP contribution in [0.15, 0.2) is 22.7 Å². The first kappa shape index (κ1) is 19.6. The summed E-state index contributed by atoms with van der Waals surface area (Å²) in [5.74, 6) is 0.549. The van der Waals surface area contributed by atoms with Gasteiger partial charge < -0.3 is 14.7 Å². The van der Waals surface area contributed by atoms with E-state index in [1.807, 2.05) is 26.0 Å². The maximum Gasteiger partial charge on any atom is 0.252 e. The minimum atomic E-state index is -0.618. The van der Waals surface area contributed by atoms with Crippen LogP contribution in [0.1, 0.15) is 61.4 Å². The molecule has 154 valence electrons. The third-order valence-corrected chi connectivity index (χ3v) is 6.15. The van der Waals surface area contributed by atoms with Crippen molar-refractivity contribution in [1.82, 2.24) is 15.5 Å². The lowest BCUT2D eigenvalue weighted by Crippen LogP contribution is -2.50. The molecule has 7 nitrogen and oxygen atoms in total. The molecule has 2 fully saturated rings. The van der Waals surface area contributed by atoms with Crippen molar-refractivity contribution >= 4 is 17.5 Å². The molecule has 1 atom stereocenters. The Bertz CT molecular complexity index is 930. The van der Waals surface area contributed by atoms with E-state index in [1.54, 1.807) is 11.8 Å². The SMILES string of the molecule is Cc1ccc(N2C[C@@H](C(=O)NC3(c4nc(C)no4)CCCCC3)CC2=O)c(C)c1. The Labute approximate surface area is 170 Å². The molecular formula is C22H28N4O3. The summed E-state index contributed by atoms with van der Waals surface area (Å²) in [5.41, 5.74) is 2.47. The molecule has 7 heteroatoms. The molecule has 29 heavy (non-hydrogen) atoms. The highest BCUT2D eigenvalue weighted by Crippen LogP contribution is 2.37. The van der Waals surface area contributed by atoms with Crippen LogP contribution in [0, 0.1) is 26.7 Å². The van der Waals surface area contributed by atoms with E-state index in [0.29, 0.717) is 18.3 Å². The minimum Gasteiger partial charge on any atom is -0.341 e. The number of rotatable bonds is 4. The number of aryl methyl sites for hydroxylation is 3. The molecule has 0 radical (unpaired) electrons. The van der Waals surface area contributed by atoms with Gasteiger partial charge in [-0.05, 0) is 45.2 Å². The Kier molecular flexibility index (Phi) is 5.15. The molecule has 2 aliphatic rings. The van der Waals surface area contributed by atoms with Gasteiger partial charge in [-0.3, -0.25) is 9.59 Å². The summed E-state index contributed by atoms with van der Waals surface area (Å²) in [4.78, 5) is 32.0. The molecule has 0 spiro atoms. The highest BCUT2D eigenvalue weighted by molar-refractivity contribution is 6.01. The average molecular weight is 396 g/mol. The number of nitrogens with one attached hydrogen (secondary N) is 1. The first-order chi connectivity index (χ1) is 13.9. The second-order valence-electron chi connectivity index (χ2n) is 8.47. The zero-order chi connectivity index (χ0) is 20.6. The molecule has 1 aliphatic heterocycles. The summed E-state index contributed by atoms with van der Waals surface area (Å²) in [5, 5.41) is 7.13. The van der Waals surface area contributed by atoms with Gasteiger partial charge in [0.05, 0.1) is 5.92 Å². The molecule has 4 rings (SSSR count). The van der Waals surface area contributed by atoms with Crippen molar-refractivity contribution in [3.63, 3.8) is 0 Å². The Balaban J connectivity index is 1.52. The fourth-order valence-corrected chi connectivity index (χ4v) is 4.60. The number of carbonyl (C=O) groups is 2. The summed E-state index contributed by atoms with van der Waals surface area (Å²) in [6.07, 6.45) is 4.91. The van der Waals surface area contributed by atoms with E-state index in [4.69, 9.17) is 4.52 Å². The maximum atomic E-state index is 13.2. The van der Waals surface area contributed by atoms with Crippen molar-refractivity contribution in [2.24, 2.45) is 5.92 Å². The van der Waals surface area contributed by atoms with Gasteiger partial charge >= 0.3 is 0 Å². The number of hydrogen-bond donors (Lipinski definition) is 1. The smallest absolute Gasteiger partial charge is 0.252 e. The van der Waals surface area contributed by atoms with Gasteiger partial charge in [0, 0.05) is 18.7 Å². The monoisotopic (exact) mass is 396 g/mol. The summed E-state index contributed by atoms with van der Waals surface area (Å²) >= 11 is 0. The minimum absolute atomic E-state index is 0.0107. The first-order valence-electron chi connectivity index (χ1n) is 10.4. The Morgan fingerprint density at radius 1 is 1.21 bits per heavy atom. The number of amides is 2. The van der Waals surface area contributed by atoms with Crippen molar-refractivity contribution in [1.29, 1.82) is 0 Å². The van der Waals surface area contributed by atoms with Crippen LogP contribution in [0.5, 0.6) is 0 Å². The lowest BCUT2D eigenvalue weighted by molar-refractivity contribution is -0.129. The number of benzene rings is 1. The van der Waals surface area contributed by atoms with Crippen LogP contribution in [-0.2, 0) is 15.1 Å². The lowest BCUT2D eigenvalue weighted by atomic mass is 9.81. The van der Waals surface area contributed by atoms with Crippen molar-refractivity contribution < 1.29 is 14.1 Å². The standard InChI is InChI=1S/C22H28N4O3/c1-14-7-8-18(15(2)11-14)26-13-17(12-19(26)27)20(28)24-22(9-5-4-6-10-22)21-23-16(3)25-29-21/h7-8,11,17H,4-6,9-10,12-13H2,1-3H3,(H,24,28)/t17-/m0/s1. The molecule has 1 saturated carbocycles. The average Bonchev–Trinajstić information content (AvgIpc) is 3.29. The molecule has 1 saturated heterocycles. The van der Waals surface area contributed by atoms with Gasteiger partial charge in [-0.2, -0.15) is 4.98 Å². The summed E-state index contributed by atoms with van der Waals surface area (Å²) in [6, 6.07) is 6.02. The van der Waals surface area contributed by atoms with Gasteiger partial charge in [-0.1, -0.05) is 42.1 Å². The van der Waals surface area contributed by atoms with E-state index in [9.17, 15) is 9.59 Å². The molecule has 1 aliphatic carbocycles. The van der Waals surface area contributed by atoms with Crippen LogP contribution in [0.3, 0.4) is 0 Å². The highest BCUT2D eigenvalue weighted by atomic mass is 16.5. The summed E-state index contributed by atoms with van der Waals surface area (Å²) in [6.45, 7) is 6.20. The van der Waals surface area contributed by atoms with Crippen LogP contribution in [0.2, 0.25) is 0 Å². The number of anilines is 1. The largest absolute Gasteiger partial charge is 0.341 e. The quantitative estimate of drug-likeness (QED) is 0.856. The number of aromatic nitrogens is 2.